The van der Waals surface area contributed by atoms with Gasteiger partial charge in [-0.2, -0.15) is 0 Å². The van der Waals surface area contributed by atoms with Crippen molar-refractivity contribution in [3.63, 3.8) is 0 Å². The van der Waals surface area contributed by atoms with Crippen LogP contribution < -0.4 is 5.32 Å². The fourth-order valence-corrected chi connectivity index (χ4v) is 5.99. The molecule has 0 radical (unpaired) electrons. The first-order valence-electron chi connectivity index (χ1n) is 13.9. The van der Waals surface area contributed by atoms with E-state index in [1.165, 1.54) is 49.3 Å². The van der Waals surface area contributed by atoms with Gasteiger partial charge in [0, 0.05) is 52.7 Å². The van der Waals surface area contributed by atoms with Gasteiger partial charge in [0.2, 0.25) is 0 Å². The summed E-state index contributed by atoms with van der Waals surface area (Å²) in [6.45, 7) is 0.752. The molecule has 4 nitrogen and oxygen atoms in total. The first kappa shape index (κ1) is 23.4. The number of nitrogens with zero attached hydrogens (tertiary/aromatic N) is 3. The molecule has 41 heavy (non-hydrogen) atoms. The number of nitrogens with one attached hydrogen (secondary N) is 1. The smallest absolute Gasteiger partial charge is 0.0679 e. The molecule has 7 aromatic rings. The standard InChI is InChI=1S/C37H26N4/c1-2-6-30(7-3-1)41-36-23-26(25-17-20-38-21-18-25)9-14-32(36)33-15-10-27-22-28(11-13-31(27)37(33)41)35-16-12-29(24-40-35)34-8-4-5-19-39-34/h1-23,40H,24H2. The molecule has 4 heteroatoms. The molecule has 0 bridgehead atoms. The van der Waals surface area contributed by atoms with Crippen molar-refractivity contribution in [3.05, 3.63) is 151 Å². The summed E-state index contributed by atoms with van der Waals surface area (Å²) in [6, 6.07) is 38.9. The van der Waals surface area contributed by atoms with Gasteiger partial charge in [0.25, 0.3) is 0 Å². The largest absolute Gasteiger partial charge is 0.380 e. The Morgan fingerprint density at radius 3 is 2.22 bits per heavy atom. The Labute approximate surface area is 237 Å². The Hall–Kier alpha value is -5.48. The lowest BCUT2D eigenvalue weighted by atomic mass is 9.99. The molecule has 0 aliphatic carbocycles. The molecule has 1 aliphatic heterocycles. The van der Waals surface area contributed by atoms with Gasteiger partial charge in [-0.25, -0.2) is 0 Å². The zero-order valence-electron chi connectivity index (χ0n) is 22.3. The lowest BCUT2D eigenvalue weighted by molar-refractivity contribution is 1.00. The minimum absolute atomic E-state index is 0.752. The van der Waals surface area contributed by atoms with E-state index in [4.69, 9.17) is 0 Å². The number of allylic oxidation sites excluding steroid dienone is 2. The molecule has 0 fully saturated rings. The molecular weight excluding hydrogens is 500 g/mol. The Kier molecular flexibility index (Phi) is 5.49. The summed E-state index contributed by atoms with van der Waals surface area (Å²) in [5.41, 5.74) is 10.4. The number of benzene rings is 4. The summed E-state index contributed by atoms with van der Waals surface area (Å²) in [5.74, 6) is 0. The van der Waals surface area contributed by atoms with E-state index in [-0.39, 0.29) is 0 Å². The van der Waals surface area contributed by atoms with Gasteiger partial charge in [0.15, 0.2) is 0 Å². The number of pyridine rings is 2. The summed E-state index contributed by atoms with van der Waals surface area (Å²) < 4.78 is 2.41. The molecule has 194 valence electrons. The third kappa shape index (κ3) is 4.00. The van der Waals surface area contributed by atoms with Crippen molar-refractivity contribution in [2.75, 3.05) is 6.54 Å². The molecule has 0 amide bonds. The first-order valence-corrected chi connectivity index (χ1v) is 13.9. The van der Waals surface area contributed by atoms with E-state index in [1.54, 1.807) is 0 Å². The van der Waals surface area contributed by atoms with Crippen LogP contribution in [-0.2, 0) is 0 Å². The van der Waals surface area contributed by atoms with Gasteiger partial charge in [0.05, 0.1) is 16.7 Å². The molecule has 4 aromatic carbocycles. The van der Waals surface area contributed by atoms with Crippen molar-refractivity contribution >= 4 is 43.8 Å². The molecule has 4 heterocycles. The van der Waals surface area contributed by atoms with Gasteiger partial charge < -0.3 is 9.88 Å². The predicted octanol–water partition coefficient (Wildman–Crippen LogP) is 8.42. The Bertz CT molecular complexity index is 2120. The molecule has 0 saturated heterocycles. The normalized spacial score (nSPS) is 13.3. The van der Waals surface area contributed by atoms with Crippen LogP contribution in [0.2, 0.25) is 0 Å². The van der Waals surface area contributed by atoms with Crippen LogP contribution in [0.1, 0.15) is 11.3 Å². The summed E-state index contributed by atoms with van der Waals surface area (Å²) in [7, 11) is 0. The van der Waals surface area contributed by atoms with E-state index >= 15 is 0 Å². The number of hydrogen-bond donors (Lipinski definition) is 1. The highest BCUT2D eigenvalue weighted by molar-refractivity contribution is 6.19. The molecule has 0 saturated carbocycles. The predicted molar refractivity (Wildman–Crippen MR) is 170 cm³/mol. The maximum Gasteiger partial charge on any atom is 0.0679 e. The molecule has 8 rings (SSSR count). The third-order valence-electron chi connectivity index (χ3n) is 8.00. The van der Waals surface area contributed by atoms with Crippen molar-refractivity contribution < 1.29 is 0 Å². The number of para-hydroxylation sites is 1. The van der Waals surface area contributed by atoms with Crippen LogP contribution in [0.3, 0.4) is 0 Å². The van der Waals surface area contributed by atoms with Gasteiger partial charge in [0.1, 0.15) is 0 Å². The van der Waals surface area contributed by atoms with E-state index in [1.807, 2.05) is 30.7 Å². The molecular formula is C37H26N4. The van der Waals surface area contributed by atoms with Crippen molar-refractivity contribution in [1.29, 1.82) is 0 Å². The number of rotatable bonds is 4. The molecule has 3 aromatic heterocycles. The Morgan fingerprint density at radius 2 is 1.41 bits per heavy atom. The van der Waals surface area contributed by atoms with Crippen LogP contribution in [0.5, 0.6) is 0 Å². The maximum absolute atomic E-state index is 4.50. The molecule has 0 spiro atoms. The number of aromatic nitrogens is 3. The summed E-state index contributed by atoms with van der Waals surface area (Å²) in [6.07, 6.45) is 9.88. The van der Waals surface area contributed by atoms with Gasteiger partial charge in [-0.1, -0.05) is 66.7 Å². The molecule has 1 N–H and O–H groups in total. The van der Waals surface area contributed by atoms with Crippen molar-refractivity contribution in [2.24, 2.45) is 0 Å². The van der Waals surface area contributed by atoms with Gasteiger partial charge in [-0.3, -0.25) is 9.97 Å². The van der Waals surface area contributed by atoms with Crippen molar-refractivity contribution in [3.8, 4) is 16.8 Å². The van der Waals surface area contributed by atoms with E-state index < -0.39 is 0 Å². The number of dihydropyridines is 1. The van der Waals surface area contributed by atoms with E-state index in [9.17, 15) is 0 Å². The zero-order chi connectivity index (χ0) is 27.2. The molecule has 0 atom stereocenters. The quantitative estimate of drug-likeness (QED) is 0.250. The Balaban J connectivity index is 1.31. The lowest BCUT2D eigenvalue weighted by Crippen LogP contribution is -2.18. The highest BCUT2D eigenvalue weighted by Crippen LogP contribution is 2.39. The van der Waals surface area contributed by atoms with Crippen LogP contribution >= 0.6 is 0 Å². The Morgan fingerprint density at radius 1 is 0.610 bits per heavy atom. The minimum Gasteiger partial charge on any atom is -0.380 e. The summed E-state index contributed by atoms with van der Waals surface area (Å²) in [4.78, 5) is 8.71. The van der Waals surface area contributed by atoms with Crippen molar-refractivity contribution in [1.82, 2.24) is 19.9 Å². The van der Waals surface area contributed by atoms with Crippen LogP contribution in [0.4, 0.5) is 0 Å². The van der Waals surface area contributed by atoms with Crippen LogP contribution in [0.25, 0.3) is 60.7 Å². The average Bonchev–Trinajstić information content (AvgIpc) is 3.40. The summed E-state index contributed by atoms with van der Waals surface area (Å²) >= 11 is 0. The number of hydrogen-bond acceptors (Lipinski definition) is 3. The monoisotopic (exact) mass is 526 g/mol. The molecule has 1 aliphatic rings. The summed E-state index contributed by atoms with van der Waals surface area (Å²) in [5, 5.41) is 8.56. The second-order valence-corrected chi connectivity index (χ2v) is 10.4. The highest BCUT2D eigenvalue weighted by atomic mass is 15.0. The average molecular weight is 527 g/mol. The van der Waals surface area contributed by atoms with Gasteiger partial charge in [-0.15, -0.1) is 0 Å². The molecule has 0 unspecified atom stereocenters. The van der Waals surface area contributed by atoms with Crippen LogP contribution in [0, 0.1) is 0 Å². The van der Waals surface area contributed by atoms with Gasteiger partial charge in [-0.05, 0) is 82.3 Å². The topological polar surface area (TPSA) is 42.7 Å². The highest BCUT2D eigenvalue weighted by Gasteiger charge is 2.17. The van der Waals surface area contributed by atoms with Crippen LogP contribution in [0.15, 0.2) is 140 Å². The maximum atomic E-state index is 4.50. The lowest BCUT2D eigenvalue weighted by Gasteiger charge is -2.18. The van der Waals surface area contributed by atoms with Crippen molar-refractivity contribution in [2.45, 2.75) is 0 Å². The fourth-order valence-electron chi connectivity index (χ4n) is 5.99. The number of fused-ring (bicyclic) bond motifs is 5. The first-order chi connectivity index (χ1) is 20.3. The zero-order valence-corrected chi connectivity index (χ0v) is 22.3. The second kappa shape index (κ2) is 9.61. The fraction of sp³-hybridized carbons (Fsp3) is 0.0270. The van der Waals surface area contributed by atoms with Crippen LogP contribution in [-0.4, -0.2) is 21.1 Å². The van der Waals surface area contributed by atoms with E-state index in [0.29, 0.717) is 0 Å². The second-order valence-electron chi connectivity index (χ2n) is 10.4. The minimum atomic E-state index is 0.752. The van der Waals surface area contributed by atoms with Gasteiger partial charge >= 0.3 is 0 Å². The van der Waals surface area contributed by atoms with E-state index in [0.717, 1.165) is 29.2 Å². The van der Waals surface area contributed by atoms with E-state index in [2.05, 4.69) is 129 Å². The SMILES string of the molecule is C1=C(c2ccc3c(ccc4c5ccc(-c6ccncc6)cc5n(-c5ccccc5)c34)c2)NCC(c2ccccn2)=C1. The third-order valence-corrected chi connectivity index (χ3v) is 8.00.